The molecule has 0 saturated heterocycles. The Kier molecular flexibility index (Phi) is 4.15. The maximum absolute atomic E-state index is 11.9. The molecule has 1 saturated carbocycles. The highest BCUT2D eigenvalue weighted by Gasteiger charge is 2.22. The largest absolute Gasteiger partial charge is 0.459 e. The quantitative estimate of drug-likeness (QED) is 0.619. The number of nitrogens with zero attached hydrogens (tertiary/aromatic N) is 1. The summed E-state index contributed by atoms with van der Waals surface area (Å²) in [6, 6.07) is 3.37. The number of aromatic nitrogens is 1. The molecule has 4 heteroatoms. The van der Waals surface area contributed by atoms with Crippen LogP contribution in [0.5, 0.6) is 0 Å². The minimum atomic E-state index is -0.243. The molecule has 0 aromatic carbocycles. The number of hydrogen-bond donors (Lipinski definition) is 0. The van der Waals surface area contributed by atoms with E-state index in [0.717, 1.165) is 19.3 Å². The molecule has 1 aromatic rings. The summed E-state index contributed by atoms with van der Waals surface area (Å²) in [4.78, 5) is 15.9. The Bertz CT molecular complexity index is 408. The summed E-state index contributed by atoms with van der Waals surface area (Å²) in [5.74, 6) is 0.415. The molecule has 2 unspecified atom stereocenters. The summed E-state index contributed by atoms with van der Waals surface area (Å²) in [6.07, 6.45) is 6.05. The molecule has 0 aliphatic heterocycles. The molecule has 2 atom stereocenters. The van der Waals surface area contributed by atoms with Gasteiger partial charge in [0.05, 0.1) is 5.56 Å². The van der Waals surface area contributed by atoms with Crippen LogP contribution in [0, 0.1) is 5.92 Å². The number of halogens is 1. The van der Waals surface area contributed by atoms with Gasteiger partial charge in [-0.25, -0.2) is 9.78 Å². The maximum atomic E-state index is 11.9. The molecular weight excluding hydrogens is 282 g/mol. The molecule has 1 aliphatic rings. The van der Waals surface area contributed by atoms with Gasteiger partial charge in [-0.1, -0.05) is 13.3 Å². The first-order chi connectivity index (χ1) is 8.15. The topological polar surface area (TPSA) is 39.2 Å². The van der Waals surface area contributed by atoms with Gasteiger partial charge in [-0.05, 0) is 53.2 Å². The van der Waals surface area contributed by atoms with Crippen LogP contribution < -0.4 is 0 Å². The Morgan fingerprint density at radius 3 is 3.06 bits per heavy atom. The fraction of sp³-hybridized carbons (Fsp3) is 0.538. The van der Waals surface area contributed by atoms with Crippen molar-refractivity contribution in [3.63, 3.8) is 0 Å². The van der Waals surface area contributed by atoms with Crippen molar-refractivity contribution in [3.8, 4) is 0 Å². The van der Waals surface area contributed by atoms with Crippen molar-refractivity contribution < 1.29 is 9.53 Å². The molecule has 2 rings (SSSR count). The van der Waals surface area contributed by atoms with Crippen LogP contribution in [0.3, 0.4) is 0 Å². The predicted molar refractivity (Wildman–Crippen MR) is 68.8 cm³/mol. The van der Waals surface area contributed by atoms with Crippen LogP contribution in [-0.4, -0.2) is 17.1 Å². The Labute approximate surface area is 110 Å². The van der Waals surface area contributed by atoms with Crippen LogP contribution in [0.1, 0.15) is 43.0 Å². The highest BCUT2D eigenvalue weighted by Crippen LogP contribution is 2.26. The van der Waals surface area contributed by atoms with Crippen molar-refractivity contribution in [1.82, 2.24) is 4.98 Å². The van der Waals surface area contributed by atoms with Crippen LogP contribution in [0.25, 0.3) is 0 Å². The number of carbonyl (C=O) groups is 1. The number of ether oxygens (including phenoxy) is 1. The minimum absolute atomic E-state index is 0.0817. The lowest BCUT2D eigenvalue weighted by Gasteiger charge is -2.26. The highest BCUT2D eigenvalue weighted by molar-refractivity contribution is 9.10. The van der Waals surface area contributed by atoms with E-state index >= 15 is 0 Å². The second-order valence-corrected chi connectivity index (χ2v) is 5.48. The fourth-order valence-electron chi connectivity index (χ4n) is 2.23. The average molecular weight is 298 g/mol. The summed E-state index contributed by atoms with van der Waals surface area (Å²) >= 11 is 3.25. The van der Waals surface area contributed by atoms with E-state index in [2.05, 4.69) is 27.8 Å². The van der Waals surface area contributed by atoms with Crippen LogP contribution in [0.2, 0.25) is 0 Å². The lowest BCUT2D eigenvalue weighted by molar-refractivity contribution is 0.0155. The minimum Gasteiger partial charge on any atom is -0.459 e. The normalized spacial score (nSPS) is 24.4. The van der Waals surface area contributed by atoms with Gasteiger partial charge in [-0.3, -0.25) is 0 Å². The SMILES string of the molecule is CC1CCCC(OC(=O)c2ccnc(Br)c2)C1. The standard InChI is InChI=1S/C13H16BrNO2/c1-9-3-2-4-11(7-9)17-13(16)10-5-6-15-12(14)8-10/h5-6,8-9,11H,2-4,7H2,1H3. The van der Waals surface area contributed by atoms with Crippen LogP contribution in [0.15, 0.2) is 22.9 Å². The molecular formula is C13H16BrNO2. The summed E-state index contributed by atoms with van der Waals surface area (Å²) in [7, 11) is 0. The number of esters is 1. The summed E-state index contributed by atoms with van der Waals surface area (Å²) in [6.45, 7) is 2.21. The van der Waals surface area contributed by atoms with Gasteiger partial charge in [-0.15, -0.1) is 0 Å². The molecule has 0 N–H and O–H groups in total. The van der Waals surface area contributed by atoms with E-state index in [9.17, 15) is 4.79 Å². The Hall–Kier alpha value is -0.900. The van der Waals surface area contributed by atoms with Crippen molar-refractivity contribution in [1.29, 1.82) is 0 Å². The molecule has 1 aromatic heterocycles. The lowest BCUT2D eigenvalue weighted by Crippen LogP contribution is -2.24. The van der Waals surface area contributed by atoms with Gasteiger partial charge >= 0.3 is 5.97 Å². The maximum Gasteiger partial charge on any atom is 0.338 e. The molecule has 1 fully saturated rings. The van der Waals surface area contributed by atoms with Gasteiger partial charge in [0.2, 0.25) is 0 Å². The monoisotopic (exact) mass is 297 g/mol. The lowest BCUT2D eigenvalue weighted by atomic mass is 9.89. The van der Waals surface area contributed by atoms with E-state index in [1.54, 1.807) is 18.3 Å². The number of hydrogen-bond acceptors (Lipinski definition) is 3. The Balaban J connectivity index is 1.97. The second-order valence-electron chi connectivity index (χ2n) is 4.67. The van der Waals surface area contributed by atoms with Gasteiger partial charge in [0, 0.05) is 6.20 Å². The van der Waals surface area contributed by atoms with Crippen LogP contribution in [0.4, 0.5) is 0 Å². The zero-order valence-electron chi connectivity index (χ0n) is 9.86. The van der Waals surface area contributed by atoms with Crippen molar-refractivity contribution in [2.75, 3.05) is 0 Å². The van der Waals surface area contributed by atoms with Gasteiger partial charge in [-0.2, -0.15) is 0 Å². The van der Waals surface area contributed by atoms with Gasteiger partial charge in [0.25, 0.3) is 0 Å². The van der Waals surface area contributed by atoms with Crippen molar-refractivity contribution >= 4 is 21.9 Å². The Morgan fingerprint density at radius 1 is 1.53 bits per heavy atom. The first-order valence-electron chi connectivity index (χ1n) is 5.97. The van der Waals surface area contributed by atoms with Gasteiger partial charge in [0.1, 0.15) is 10.7 Å². The first-order valence-corrected chi connectivity index (χ1v) is 6.77. The second kappa shape index (κ2) is 5.63. The van der Waals surface area contributed by atoms with Crippen molar-refractivity contribution in [2.45, 2.75) is 38.7 Å². The van der Waals surface area contributed by atoms with E-state index < -0.39 is 0 Å². The molecule has 92 valence electrons. The Morgan fingerprint density at radius 2 is 2.35 bits per heavy atom. The third-order valence-electron chi connectivity index (χ3n) is 3.12. The first kappa shape index (κ1) is 12.6. The van der Waals surface area contributed by atoms with Crippen LogP contribution in [-0.2, 0) is 4.74 Å². The number of pyridine rings is 1. The third-order valence-corrected chi connectivity index (χ3v) is 3.56. The molecule has 0 amide bonds. The van der Waals surface area contributed by atoms with Crippen molar-refractivity contribution in [3.05, 3.63) is 28.5 Å². The van der Waals surface area contributed by atoms with E-state index in [1.807, 2.05) is 0 Å². The zero-order valence-corrected chi connectivity index (χ0v) is 11.4. The molecule has 3 nitrogen and oxygen atoms in total. The molecule has 0 bridgehead atoms. The van der Waals surface area contributed by atoms with Gasteiger partial charge < -0.3 is 4.74 Å². The molecule has 1 aliphatic carbocycles. The van der Waals surface area contributed by atoms with E-state index in [-0.39, 0.29) is 12.1 Å². The molecule has 0 radical (unpaired) electrons. The summed E-state index contributed by atoms with van der Waals surface area (Å²) < 4.78 is 6.17. The smallest absolute Gasteiger partial charge is 0.338 e. The van der Waals surface area contributed by atoms with E-state index in [1.165, 1.54) is 6.42 Å². The predicted octanol–water partition coefficient (Wildman–Crippen LogP) is 3.58. The van der Waals surface area contributed by atoms with E-state index in [4.69, 9.17) is 4.74 Å². The number of rotatable bonds is 2. The average Bonchev–Trinajstić information content (AvgIpc) is 2.29. The molecule has 1 heterocycles. The molecule has 0 spiro atoms. The van der Waals surface area contributed by atoms with Crippen LogP contribution >= 0.6 is 15.9 Å². The zero-order chi connectivity index (χ0) is 12.3. The third kappa shape index (κ3) is 3.53. The molecule has 17 heavy (non-hydrogen) atoms. The summed E-state index contributed by atoms with van der Waals surface area (Å²) in [5, 5.41) is 0. The summed E-state index contributed by atoms with van der Waals surface area (Å²) in [5.41, 5.74) is 0.560. The van der Waals surface area contributed by atoms with Gasteiger partial charge in [0.15, 0.2) is 0 Å². The number of carbonyl (C=O) groups excluding carboxylic acids is 1. The van der Waals surface area contributed by atoms with E-state index in [0.29, 0.717) is 16.1 Å². The fourth-order valence-corrected chi connectivity index (χ4v) is 2.60. The highest BCUT2D eigenvalue weighted by atomic mass is 79.9. The van der Waals surface area contributed by atoms with Crippen molar-refractivity contribution in [2.24, 2.45) is 5.92 Å².